The molecule has 4 amide bonds. The summed E-state index contributed by atoms with van der Waals surface area (Å²) in [6.45, 7) is 0. The van der Waals surface area contributed by atoms with E-state index in [-0.39, 0.29) is 25.1 Å². The van der Waals surface area contributed by atoms with Crippen molar-refractivity contribution in [3.05, 3.63) is 72.4 Å². The number of carbonyl (C=O) groups excluding carboxylic acids is 3. The standard InChI is InChI=1S/C27H29N5O7/c1-38-21-10-8-17(14-22(21)39-2)20(15-26(35)36)31-25(34)13-12-24(33)29-19-9-11-23(28-16-19)32-27(37)30-18-6-4-3-5-7-18/h3-11,14,16,20H,12-13,15H2,1-2H3,(H,29,33)(H,31,34)(H,35,36)(H2,28,30,32,37). The van der Waals surface area contributed by atoms with Gasteiger partial charge >= 0.3 is 12.0 Å². The average Bonchev–Trinajstić information content (AvgIpc) is 2.92. The van der Waals surface area contributed by atoms with Gasteiger partial charge in [0.05, 0.1) is 38.6 Å². The van der Waals surface area contributed by atoms with E-state index in [9.17, 15) is 24.3 Å². The lowest BCUT2D eigenvalue weighted by molar-refractivity contribution is -0.138. The van der Waals surface area contributed by atoms with Gasteiger partial charge < -0.3 is 30.5 Å². The van der Waals surface area contributed by atoms with Crippen LogP contribution < -0.4 is 30.7 Å². The lowest BCUT2D eigenvalue weighted by atomic mass is 10.0. The molecule has 1 aromatic heterocycles. The highest BCUT2D eigenvalue weighted by molar-refractivity contribution is 5.99. The van der Waals surface area contributed by atoms with E-state index < -0.39 is 29.9 Å². The SMILES string of the molecule is COc1ccc(C(CC(=O)O)NC(=O)CCC(=O)Nc2ccc(NC(=O)Nc3ccccc3)nc2)cc1OC. The Bertz CT molecular complexity index is 1300. The Morgan fingerprint density at radius 2 is 1.54 bits per heavy atom. The number of aliphatic carboxylic acids is 1. The molecular formula is C27H29N5O7. The van der Waals surface area contributed by atoms with Gasteiger partial charge in [0.15, 0.2) is 11.5 Å². The number of para-hydroxylation sites is 1. The molecule has 0 aliphatic rings. The smallest absolute Gasteiger partial charge is 0.324 e. The van der Waals surface area contributed by atoms with Crippen molar-refractivity contribution >= 4 is 41.0 Å². The third kappa shape index (κ3) is 9.04. The summed E-state index contributed by atoms with van der Waals surface area (Å²) < 4.78 is 10.4. The Kier molecular flexibility index (Phi) is 10.2. The number of benzene rings is 2. The molecule has 0 saturated carbocycles. The fourth-order valence-electron chi connectivity index (χ4n) is 3.56. The van der Waals surface area contributed by atoms with Crippen LogP contribution in [0.3, 0.4) is 0 Å². The molecule has 3 rings (SSSR count). The van der Waals surface area contributed by atoms with Gasteiger partial charge in [-0.2, -0.15) is 0 Å². The molecule has 0 bridgehead atoms. The molecule has 0 aliphatic heterocycles. The lowest BCUT2D eigenvalue weighted by Crippen LogP contribution is -2.30. The average molecular weight is 536 g/mol. The summed E-state index contributed by atoms with van der Waals surface area (Å²) >= 11 is 0. The van der Waals surface area contributed by atoms with Crippen molar-refractivity contribution in [3.8, 4) is 11.5 Å². The zero-order chi connectivity index (χ0) is 28.2. The van der Waals surface area contributed by atoms with Crippen LogP contribution in [-0.4, -0.2) is 48.1 Å². The van der Waals surface area contributed by atoms with Crippen LogP contribution in [0.25, 0.3) is 0 Å². The largest absolute Gasteiger partial charge is 0.493 e. The molecule has 3 aromatic rings. The van der Waals surface area contributed by atoms with E-state index in [1.54, 1.807) is 48.5 Å². The second-order valence-electron chi connectivity index (χ2n) is 8.26. The van der Waals surface area contributed by atoms with Crippen LogP contribution in [-0.2, 0) is 14.4 Å². The van der Waals surface area contributed by atoms with Crippen molar-refractivity contribution in [2.75, 3.05) is 30.2 Å². The van der Waals surface area contributed by atoms with Crippen LogP contribution in [0.15, 0.2) is 66.9 Å². The highest BCUT2D eigenvalue weighted by atomic mass is 16.5. The van der Waals surface area contributed by atoms with E-state index in [1.165, 1.54) is 26.5 Å². The Hall–Kier alpha value is -5.13. The number of hydrogen-bond acceptors (Lipinski definition) is 7. The molecule has 0 radical (unpaired) electrons. The summed E-state index contributed by atoms with van der Waals surface area (Å²) in [5, 5.41) is 19.8. The Morgan fingerprint density at radius 1 is 0.821 bits per heavy atom. The predicted octanol–water partition coefficient (Wildman–Crippen LogP) is 3.79. The normalized spacial score (nSPS) is 11.0. The van der Waals surface area contributed by atoms with E-state index in [1.807, 2.05) is 6.07 Å². The van der Waals surface area contributed by atoms with Crippen molar-refractivity contribution in [3.63, 3.8) is 0 Å². The summed E-state index contributed by atoms with van der Waals surface area (Å²) in [4.78, 5) is 52.4. The van der Waals surface area contributed by atoms with E-state index in [2.05, 4.69) is 26.3 Å². The molecule has 1 atom stereocenters. The minimum Gasteiger partial charge on any atom is -0.493 e. The van der Waals surface area contributed by atoms with E-state index in [0.29, 0.717) is 28.4 Å². The number of carbonyl (C=O) groups is 4. The van der Waals surface area contributed by atoms with E-state index in [0.717, 1.165) is 0 Å². The number of urea groups is 1. The minimum absolute atomic E-state index is 0.142. The Labute approximate surface area is 224 Å². The number of anilines is 3. The van der Waals surface area contributed by atoms with Crippen LogP contribution in [0.2, 0.25) is 0 Å². The number of pyridine rings is 1. The number of nitrogens with zero attached hydrogens (tertiary/aromatic N) is 1. The van der Waals surface area contributed by atoms with Gasteiger partial charge in [-0.05, 0) is 42.0 Å². The van der Waals surface area contributed by atoms with Crippen LogP contribution in [0.4, 0.5) is 22.0 Å². The van der Waals surface area contributed by atoms with Crippen LogP contribution in [0.1, 0.15) is 30.9 Å². The number of carboxylic acids is 1. The maximum atomic E-state index is 12.5. The molecule has 0 aliphatic carbocycles. The van der Waals surface area contributed by atoms with Gasteiger partial charge in [0.1, 0.15) is 5.82 Å². The van der Waals surface area contributed by atoms with Gasteiger partial charge in [0, 0.05) is 18.5 Å². The Morgan fingerprint density at radius 3 is 2.18 bits per heavy atom. The number of rotatable bonds is 12. The molecule has 12 heteroatoms. The third-order valence-corrected chi connectivity index (χ3v) is 5.42. The third-order valence-electron chi connectivity index (χ3n) is 5.42. The fourth-order valence-corrected chi connectivity index (χ4v) is 3.56. The van der Waals surface area contributed by atoms with Crippen molar-refractivity contribution < 1.29 is 33.8 Å². The molecule has 1 unspecified atom stereocenters. The van der Waals surface area contributed by atoms with Crippen molar-refractivity contribution in [1.82, 2.24) is 10.3 Å². The molecule has 0 spiro atoms. The van der Waals surface area contributed by atoms with Gasteiger partial charge in [0.2, 0.25) is 11.8 Å². The van der Waals surface area contributed by atoms with Gasteiger partial charge in [-0.3, -0.25) is 19.7 Å². The van der Waals surface area contributed by atoms with Crippen molar-refractivity contribution in [1.29, 1.82) is 0 Å². The zero-order valence-corrected chi connectivity index (χ0v) is 21.4. The number of amides is 4. The van der Waals surface area contributed by atoms with Gasteiger partial charge in [0.25, 0.3) is 0 Å². The second kappa shape index (κ2) is 14.0. The molecule has 39 heavy (non-hydrogen) atoms. The first-order valence-electron chi connectivity index (χ1n) is 11.9. The van der Waals surface area contributed by atoms with Crippen LogP contribution in [0, 0.1) is 0 Å². The highest BCUT2D eigenvalue weighted by Crippen LogP contribution is 2.31. The summed E-state index contributed by atoms with van der Waals surface area (Å²) in [5.41, 5.74) is 1.52. The van der Waals surface area contributed by atoms with Crippen molar-refractivity contribution in [2.24, 2.45) is 0 Å². The van der Waals surface area contributed by atoms with Crippen molar-refractivity contribution in [2.45, 2.75) is 25.3 Å². The summed E-state index contributed by atoms with van der Waals surface area (Å²) in [6.07, 6.45) is 0.706. The molecule has 204 valence electrons. The van der Waals surface area contributed by atoms with E-state index in [4.69, 9.17) is 9.47 Å². The fraction of sp³-hybridized carbons (Fsp3) is 0.222. The topological polar surface area (TPSA) is 168 Å². The maximum Gasteiger partial charge on any atom is 0.324 e. The van der Waals surface area contributed by atoms with Crippen LogP contribution in [0.5, 0.6) is 11.5 Å². The number of carboxylic acid groups (broad SMARTS) is 1. The summed E-state index contributed by atoms with van der Waals surface area (Å²) in [6, 6.07) is 15.5. The quantitative estimate of drug-likeness (QED) is 0.233. The first-order valence-corrected chi connectivity index (χ1v) is 11.9. The number of methoxy groups -OCH3 is 2. The van der Waals surface area contributed by atoms with Crippen LogP contribution >= 0.6 is 0 Å². The summed E-state index contributed by atoms with van der Waals surface area (Å²) in [7, 11) is 2.93. The molecular weight excluding hydrogens is 506 g/mol. The molecule has 1 heterocycles. The first kappa shape index (κ1) is 28.4. The molecule has 0 fully saturated rings. The highest BCUT2D eigenvalue weighted by Gasteiger charge is 2.20. The number of nitrogens with one attached hydrogen (secondary N) is 4. The molecule has 2 aromatic carbocycles. The second-order valence-corrected chi connectivity index (χ2v) is 8.26. The molecule has 12 nitrogen and oxygen atoms in total. The minimum atomic E-state index is -1.10. The molecule has 5 N–H and O–H groups in total. The monoisotopic (exact) mass is 535 g/mol. The number of hydrogen-bond donors (Lipinski definition) is 5. The van der Waals surface area contributed by atoms with Gasteiger partial charge in [-0.25, -0.2) is 9.78 Å². The lowest BCUT2D eigenvalue weighted by Gasteiger charge is -2.19. The van der Waals surface area contributed by atoms with E-state index >= 15 is 0 Å². The first-order chi connectivity index (χ1) is 18.8. The summed E-state index contributed by atoms with van der Waals surface area (Å²) in [5.74, 6) is -0.891. The predicted molar refractivity (Wildman–Crippen MR) is 144 cm³/mol. The zero-order valence-electron chi connectivity index (χ0n) is 21.4. The van der Waals surface area contributed by atoms with Gasteiger partial charge in [-0.1, -0.05) is 24.3 Å². The molecule has 0 saturated heterocycles. The Balaban J connectivity index is 1.49. The maximum absolute atomic E-state index is 12.5. The van der Waals surface area contributed by atoms with Gasteiger partial charge in [-0.15, -0.1) is 0 Å². The number of ether oxygens (including phenoxy) is 2. The number of aromatic nitrogens is 1.